The number of anilines is 4. The van der Waals surface area contributed by atoms with Gasteiger partial charge < -0.3 is 26.2 Å². The molecule has 1 fully saturated rings. The first-order valence-electron chi connectivity index (χ1n) is 12.1. The molecule has 2 aromatic rings. The Balaban J connectivity index is 1.90. The van der Waals surface area contributed by atoms with Gasteiger partial charge in [0.15, 0.2) is 0 Å². The second-order valence-corrected chi connectivity index (χ2v) is 10.8. The Labute approximate surface area is 199 Å². The minimum absolute atomic E-state index is 0.127. The molecule has 0 spiro atoms. The molecular formula is C25H42N8. The van der Waals surface area contributed by atoms with Crippen molar-refractivity contribution >= 4 is 23.5 Å². The van der Waals surface area contributed by atoms with Gasteiger partial charge >= 0.3 is 0 Å². The van der Waals surface area contributed by atoms with Crippen molar-refractivity contribution in [2.24, 2.45) is 5.41 Å². The number of hydrogen-bond acceptors (Lipinski definition) is 8. The Morgan fingerprint density at radius 3 is 2.48 bits per heavy atom. The number of hydrogen-bond donors (Lipinski definition) is 4. The first-order valence-corrected chi connectivity index (χ1v) is 12.1. The summed E-state index contributed by atoms with van der Waals surface area (Å²) in [5.41, 5.74) is 3.51. The van der Waals surface area contributed by atoms with E-state index in [9.17, 15) is 0 Å². The van der Waals surface area contributed by atoms with Gasteiger partial charge in [0.2, 0.25) is 17.8 Å². The molecule has 33 heavy (non-hydrogen) atoms. The van der Waals surface area contributed by atoms with Gasteiger partial charge in [-0.3, -0.25) is 0 Å². The summed E-state index contributed by atoms with van der Waals surface area (Å²) in [5.74, 6) is 1.83. The quantitative estimate of drug-likeness (QED) is 0.447. The summed E-state index contributed by atoms with van der Waals surface area (Å²) in [6.45, 7) is 18.0. The Morgan fingerprint density at radius 2 is 1.85 bits per heavy atom. The third-order valence-corrected chi connectivity index (χ3v) is 5.66. The van der Waals surface area contributed by atoms with Gasteiger partial charge in [-0.05, 0) is 49.4 Å². The molecular weight excluding hydrogens is 412 g/mol. The van der Waals surface area contributed by atoms with Crippen LogP contribution in [0.1, 0.15) is 65.1 Å². The fourth-order valence-electron chi connectivity index (χ4n) is 4.16. The summed E-state index contributed by atoms with van der Waals surface area (Å²) in [5, 5.41) is 13.9. The molecule has 1 aliphatic rings. The second-order valence-electron chi connectivity index (χ2n) is 10.8. The van der Waals surface area contributed by atoms with E-state index in [2.05, 4.69) is 92.8 Å². The van der Waals surface area contributed by atoms with Crippen molar-refractivity contribution in [2.45, 2.75) is 73.0 Å². The normalized spacial score (nSPS) is 17.3. The zero-order chi connectivity index (χ0) is 24.2. The molecule has 1 aromatic heterocycles. The number of nitrogens with zero attached hydrogens (tertiary/aromatic N) is 4. The van der Waals surface area contributed by atoms with Crippen molar-refractivity contribution in [3.8, 4) is 0 Å². The van der Waals surface area contributed by atoms with Crippen LogP contribution in [0.2, 0.25) is 0 Å². The van der Waals surface area contributed by atoms with Crippen molar-refractivity contribution in [1.29, 1.82) is 0 Å². The van der Waals surface area contributed by atoms with Gasteiger partial charge in [0.05, 0.1) is 0 Å². The van der Waals surface area contributed by atoms with Crippen LogP contribution in [-0.4, -0.2) is 53.7 Å². The van der Waals surface area contributed by atoms with E-state index in [1.165, 1.54) is 5.56 Å². The molecule has 4 N–H and O–H groups in total. The van der Waals surface area contributed by atoms with Gasteiger partial charge in [-0.1, -0.05) is 46.8 Å². The van der Waals surface area contributed by atoms with Crippen LogP contribution in [0.3, 0.4) is 0 Å². The topological polar surface area (TPSA) is 90.0 Å². The molecule has 1 aromatic carbocycles. The Hall–Kier alpha value is -2.45. The van der Waals surface area contributed by atoms with Crippen molar-refractivity contribution < 1.29 is 0 Å². The molecule has 0 aliphatic carbocycles. The SMILES string of the molecule is Cc1ccc(C(C)NC(C)C)cc1Nc1nc(N[C@@H]2CCNC2)nc(N(C)CC(C)(C)C)n1. The predicted molar refractivity (Wildman–Crippen MR) is 139 cm³/mol. The summed E-state index contributed by atoms with van der Waals surface area (Å²) >= 11 is 0. The number of benzene rings is 1. The van der Waals surface area contributed by atoms with Gasteiger partial charge in [0.25, 0.3) is 0 Å². The monoisotopic (exact) mass is 454 g/mol. The predicted octanol–water partition coefficient (Wildman–Crippen LogP) is 4.24. The van der Waals surface area contributed by atoms with Gasteiger partial charge in [0.1, 0.15) is 0 Å². The minimum Gasteiger partial charge on any atom is -0.350 e. The summed E-state index contributed by atoms with van der Waals surface area (Å²) in [6, 6.07) is 7.51. The first-order chi connectivity index (χ1) is 15.5. The van der Waals surface area contributed by atoms with Gasteiger partial charge in [-0.15, -0.1) is 0 Å². The van der Waals surface area contributed by atoms with E-state index in [1.54, 1.807) is 0 Å². The maximum Gasteiger partial charge on any atom is 0.233 e. The van der Waals surface area contributed by atoms with E-state index in [-0.39, 0.29) is 11.5 Å². The van der Waals surface area contributed by atoms with Crippen LogP contribution in [0.15, 0.2) is 18.2 Å². The van der Waals surface area contributed by atoms with Crippen LogP contribution in [-0.2, 0) is 0 Å². The number of rotatable bonds is 9. The molecule has 1 unspecified atom stereocenters. The molecule has 2 heterocycles. The lowest BCUT2D eigenvalue weighted by Gasteiger charge is -2.27. The van der Waals surface area contributed by atoms with Crippen molar-refractivity contribution in [1.82, 2.24) is 25.6 Å². The van der Waals surface area contributed by atoms with E-state index < -0.39 is 0 Å². The zero-order valence-electron chi connectivity index (χ0n) is 21.6. The third kappa shape index (κ3) is 7.54. The summed E-state index contributed by atoms with van der Waals surface area (Å²) < 4.78 is 0. The number of nitrogens with one attached hydrogen (secondary N) is 4. The van der Waals surface area contributed by atoms with Crippen molar-refractivity contribution in [2.75, 3.05) is 42.2 Å². The molecule has 1 saturated heterocycles. The van der Waals surface area contributed by atoms with Gasteiger partial charge in [0, 0.05) is 44.0 Å². The van der Waals surface area contributed by atoms with Crippen LogP contribution in [0.4, 0.5) is 23.5 Å². The standard InChI is InChI=1S/C25H42N8/c1-16(2)27-18(4)19-10-9-17(3)21(13-19)29-23-30-22(28-20-11-12-26-14-20)31-24(32-23)33(8)15-25(5,6)7/h9-10,13,16,18,20,26-27H,11-12,14-15H2,1-8H3,(H2,28,29,30,31,32)/t18?,20-/m1/s1. The Bertz CT molecular complexity index is 915. The largest absolute Gasteiger partial charge is 0.350 e. The highest BCUT2D eigenvalue weighted by atomic mass is 15.3. The Kier molecular flexibility index (Phi) is 8.13. The molecule has 0 saturated carbocycles. The second kappa shape index (κ2) is 10.7. The highest BCUT2D eigenvalue weighted by Gasteiger charge is 2.20. The molecule has 0 amide bonds. The van der Waals surface area contributed by atoms with Crippen LogP contribution in [0, 0.1) is 12.3 Å². The third-order valence-electron chi connectivity index (χ3n) is 5.66. The number of aryl methyl sites for hydroxylation is 1. The molecule has 182 valence electrons. The van der Waals surface area contributed by atoms with E-state index in [0.29, 0.717) is 29.9 Å². The highest BCUT2D eigenvalue weighted by Crippen LogP contribution is 2.26. The molecule has 8 heteroatoms. The molecule has 3 rings (SSSR count). The molecule has 2 atom stereocenters. The Morgan fingerprint density at radius 1 is 1.12 bits per heavy atom. The smallest absolute Gasteiger partial charge is 0.233 e. The summed E-state index contributed by atoms with van der Waals surface area (Å²) in [7, 11) is 2.04. The van der Waals surface area contributed by atoms with E-state index >= 15 is 0 Å². The molecule has 1 aliphatic heterocycles. The zero-order valence-corrected chi connectivity index (χ0v) is 21.6. The molecule has 0 radical (unpaired) electrons. The number of aromatic nitrogens is 3. The average molecular weight is 455 g/mol. The van der Waals surface area contributed by atoms with E-state index in [1.807, 2.05) is 7.05 Å². The fraction of sp³-hybridized carbons (Fsp3) is 0.640. The first kappa shape index (κ1) is 25.2. The lowest BCUT2D eigenvalue weighted by molar-refractivity contribution is 0.416. The van der Waals surface area contributed by atoms with E-state index in [0.717, 1.165) is 37.3 Å². The molecule has 0 bridgehead atoms. The van der Waals surface area contributed by atoms with Crippen LogP contribution in [0.25, 0.3) is 0 Å². The average Bonchev–Trinajstić information content (AvgIpc) is 3.20. The van der Waals surface area contributed by atoms with Crippen molar-refractivity contribution in [3.63, 3.8) is 0 Å². The lowest BCUT2D eigenvalue weighted by Crippen LogP contribution is -2.31. The fourth-order valence-corrected chi connectivity index (χ4v) is 4.16. The summed E-state index contributed by atoms with van der Waals surface area (Å²) in [6.07, 6.45) is 1.06. The van der Waals surface area contributed by atoms with Gasteiger partial charge in [-0.25, -0.2) is 0 Å². The summed E-state index contributed by atoms with van der Waals surface area (Å²) in [4.78, 5) is 16.3. The maximum atomic E-state index is 4.77. The lowest BCUT2D eigenvalue weighted by atomic mass is 9.96. The van der Waals surface area contributed by atoms with Crippen LogP contribution in [0.5, 0.6) is 0 Å². The maximum absolute atomic E-state index is 4.77. The van der Waals surface area contributed by atoms with Crippen LogP contribution < -0.4 is 26.2 Å². The highest BCUT2D eigenvalue weighted by molar-refractivity contribution is 5.61. The van der Waals surface area contributed by atoms with Crippen molar-refractivity contribution in [3.05, 3.63) is 29.3 Å². The minimum atomic E-state index is 0.127. The molecule has 8 nitrogen and oxygen atoms in total. The van der Waals surface area contributed by atoms with Crippen LogP contribution >= 0.6 is 0 Å². The van der Waals surface area contributed by atoms with Gasteiger partial charge in [-0.2, -0.15) is 15.0 Å². The van der Waals surface area contributed by atoms with E-state index in [4.69, 9.17) is 15.0 Å².